The first-order valence-corrected chi connectivity index (χ1v) is 6.81. The van der Waals surface area contributed by atoms with Gasteiger partial charge in [0.1, 0.15) is 22.9 Å². The van der Waals surface area contributed by atoms with Crippen molar-refractivity contribution in [1.29, 1.82) is 0 Å². The van der Waals surface area contributed by atoms with Crippen LogP contribution in [-0.4, -0.2) is 6.54 Å². The molecule has 108 valence electrons. The third-order valence-corrected chi connectivity index (χ3v) is 3.41. The van der Waals surface area contributed by atoms with Gasteiger partial charge in [0.05, 0.1) is 6.26 Å². The Morgan fingerprint density at radius 2 is 2.05 bits per heavy atom. The Labute approximate surface area is 122 Å². The molecule has 1 heterocycles. The van der Waals surface area contributed by atoms with Gasteiger partial charge in [-0.15, -0.1) is 0 Å². The van der Waals surface area contributed by atoms with Crippen molar-refractivity contribution in [2.75, 3.05) is 6.54 Å². The van der Waals surface area contributed by atoms with Crippen LogP contribution in [0.4, 0.5) is 4.39 Å². The van der Waals surface area contributed by atoms with Crippen LogP contribution in [0, 0.1) is 12.7 Å². The van der Waals surface area contributed by atoms with Crippen LogP contribution in [0.15, 0.2) is 47.1 Å². The molecule has 3 aromatic rings. The molecule has 0 radical (unpaired) electrons. The first-order chi connectivity index (χ1) is 10.2. The van der Waals surface area contributed by atoms with Crippen LogP contribution >= 0.6 is 0 Å². The zero-order valence-electron chi connectivity index (χ0n) is 11.7. The molecule has 3 rings (SSSR count). The second kappa shape index (κ2) is 5.58. The Kier molecular flexibility index (Phi) is 3.62. The molecule has 0 fully saturated rings. The minimum Gasteiger partial charge on any atom is -0.464 e. The van der Waals surface area contributed by atoms with Crippen LogP contribution in [-0.2, 0) is 6.42 Å². The molecule has 1 aromatic heterocycles. The summed E-state index contributed by atoms with van der Waals surface area (Å²) in [5, 5.41) is 0.965. The van der Waals surface area contributed by atoms with Gasteiger partial charge in [-0.25, -0.2) is 4.39 Å². The number of halogens is 1. The van der Waals surface area contributed by atoms with Crippen LogP contribution in [0.1, 0.15) is 11.1 Å². The Morgan fingerprint density at radius 3 is 2.86 bits per heavy atom. The molecule has 4 heteroatoms. The summed E-state index contributed by atoms with van der Waals surface area (Å²) in [6.45, 7) is 2.16. The summed E-state index contributed by atoms with van der Waals surface area (Å²) in [4.78, 5) is 0. The van der Waals surface area contributed by atoms with Gasteiger partial charge in [0.25, 0.3) is 0 Å². The highest BCUT2D eigenvalue weighted by Gasteiger charge is 2.10. The Morgan fingerprint density at radius 1 is 1.19 bits per heavy atom. The van der Waals surface area contributed by atoms with Gasteiger partial charge in [0.15, 0.2) is 0 Å². The summed E-state index contributed by atoms with van der Waals surface area (Å²) in [7, 11) is 0. The lowest BCUT2D eigenvalue weighted by Crippen LogP contribution is -2.05. The van der Waals surface area contributed by atoms with Crippen LogP contribution in [0.3, 0.4) is 0 Å². The first kappa shape index (κ1) is 13.6. The number of benzene rings is 2. The lowest BCUT2D eigenvalue weighted by molar-refractivity contribution is 0.473. The van der Waals surface area contributed by atoms with Crippen LogP contribution < -0.4 is 10.5 Å². The van der Waals surface area contributed by atoms with Gasteiger partial charge in [-0.05, 0) is 67.4 Å². The van der Waals surface area contributed by atoms with Crippen molar-refractivity contribution in [2.45, 2.75) is 13.3 Å². The number of hydrogen-bond donors (Lipinski definition) is 1. The molecular weight excluding hydrogens is 269 g/mol. The van der Waals surface area contributed by atoms with Gasteiger partial charge in [0, 0.05) is 5.39 Å². The monoisotopic (exact) mass is 285 g/mol. The summed E-state index contributed by atoms with van der Waals surface area (Å²) in [5.41, 5.74) is 7.71. The zero-order chi connectivity index (χ0) is 14.8. The number of hydrogen-bond acceptors (Lipinski definition) is 3. The second-order valence-corrected chi connectivity index (χ2v) is 4.97. The fourth-order valence-corrected chi connectivity index (χ4v) is 2.28. The van der Waals surface area contributed by atoms with E-state index in [1.54, 1.807) is 19.3 Å². The molecule has 0 aliphatic carbocycles. The highest BCUT2D eigenvalue weighted by atomic mass is 19.1. The topological polar surface area (TPSA) is 48.4 Å². The van der Waals surface area contributed by atoms with Gasteiger partial charge in [-0.2, -0.15) is 0 Å². The zero-order valence-corrected chi connectivity index (χ0v) is 11.7. The Hall–Kier alpha value is -2.33. The van der Waals surface area contributed by atoms with E-state index in [4.69, 9.17) is 14.9 Å². The van der Waals surface area contributed by atoms with Crippen molar-refractivity contribution in [3.8, 4) is 11.5 Å². The van der Waals surface area contributed by atoms with E-state index < -0.39 is 0 Å². The molecule has 0 amide bonds. The van der Waals surface area contributed by atoms with E-state index in [1.807, 2.05) is 24.3 Å². The maximum Gasteiger partial charge on any atom is 0.134 e. The van der Waals surface area contributed by atoms with E-state index >= 15 is 0 Å². The molecule has 0 bridgehead atoms. The normalized spacial score (nSPS) is 11.0. The molecule has 3 nitrogen and oxygen atoms in total. The van der Waals surface area contributed by atoms with E-state index in [-0.39, 0.29) is 5.82 Å². The van der Waals surface area contributed by atoms with E-state index in [9.17, 15) is 4.39 Å². The summed E-state index contributed by atoms with van der Waals surface area (Å²) in [5.74, 6) is 1.09. The maximum atomic E-state index is 13.7. The fraction of sp³-hybridized carbons (Fsp3) is 0.176. The standard InChI is InChI=1S/C17H16FNO2/c1-11-8-17(12(4-6-19)10-15(11)18)21-14-2-3-16-13(9-14)5-7-20-16/h2-3,5,7-10H,4,6,19H2,1H3. The highest BCUT2D eigenvalue weighted by Crippen LogP contribution is 2.30. The van der Waals surface area contributed by atoms with Crippen molar-refractivity contribution in [2.24, 2.45) is 5.73 Å². The largest absolute Gasteiger partial charge is 0.464 e. The summed E-state index contributed by atoms with van der Waals surface area (Å²) in [6.07, 6.45) is 2.21. The van der Waals surface area contributed by atoms with Crippen molar-refractivity contribution in [3.63, 3.8) is 0 Å². The molecule has 0 atom stereocenters. The number of fused-ring (bicyclic) bond motifs is 1. The molecule has 0 aliphatic heterocycles. The highest BCUT2D eigenvalue weighted by molar-refractivity contribution is 5.78. The minimum atomic E-state index is -0.240. The summed E-state index contributed by atoms with van der Waals surface area (Å²) in [6, 6.07) is 10.6. The Bertz CT molecular complexity index is 780. The molecule has 0 spiro atoms. The minimum absolute atomic E-state index is 0.240. The van der Waals surface area contributed by atoms with Crippen LogP contribution in [0.2, 0.25) is 0 Å². The molecule has 0 aliphatic rings. The lowest BCUT2D eigenvalue weighted by atomic mass is 10.1. The number of nitrogens with two attached hydrogens (primary N) is 1. The predicted octanol–water partition coefficient (Wildman–Crippen LogP) is 4.17. The van der Waals surface area contributed by atoms with Crippen LogP contribution in [0.5, 0.6) is 11.5 Å². The Balaban J connectivity index is 1.97. The average molecular weight is 285 g/mol. The fourth-order valence-electron chi connectivity index (χ4n) is 2.28. The summed E-state index contributed by atoms with van der Waals surface area (Å²) >= 11 is 0. The second-order valence-electron chi connectivity index (χ2n) is 4.97. The maximum absolute atomic E-state index is 13.7. The number of aryl methyl sites for hydroxylation is 1. The van der Waals surface area contributed by atoms with Gasteiger partial charge < -0.3 is 14.9 Å². The van der Waals surface area contributed by atoms with E-state index in [2.05, 4.69) is 0 Å². The lowest BCUT2D eigenvalue weighted by Gasteiger charge is -2.12. The molecule has 21 heavy (non-hydrogen) atoms. The molecule has 0 saturated carbocycles. The predicted molar refractivity (Wildman–Crippen MR) is 80.2 cm³/mol. The average Bonchev–Trinajstić information content (AvgIpc) is 2.92. The van der Waals surface area contributed by atoms with Gasteiger partial charge in [0.2, 0.25) is 0 Å². The smallest absolute Gasteiger partial charge is 0.134 e. The van der Waals surface area contributed by atoms with Crippen LogP contribution in [0.25, 0.3) is 11.0 Å². The van der Waals surface area contributed by atoms with E-state index in [0.717, 1.165) is 16.5 Å². The quantitative estimate of drug-likeness (QED) is 0.782. The molecule has 0 unspecified atom stereocenters. The molecular formula is C17H16FNO2. The SMILES string of the molecule is Cc1cc(Oc2ccc3occc3c2)c(CCN)cc1F. The molecule has 2 aromatic carbocycles. The molecule has 2 N–H and O–H groups in total. The third-order valence-electron chi connectivity index (χ3n) is 3.41. The summed E-state index contributed by atoms with van der Waals surface area (Å²) < 4.78 is 24.9. The number of furan rings is 1. The number of rotatable bonds is 4. The van der Waals surface area contributed by atoms with Crippen molar-refractivity contribution in [3.05, 3.63) is 59.6 Å². The van der Waals surface area contributed by atoms with E-state index in [1.165, 1.54) is 6.07 Å². The van der Waals surface area contributed by atoms with Crippen molar-refractivity contribution >= 4 is 11.0 Å². The van der Waals surface area contributed by atoms with Gasteiger partial charge >= 0.3 is 0 Å². The van der Waals surface area contributed by atoms with Gasteiger partial charge in [-0.1, -0.05) is 0 Å². The van der Waals surface area contributed by atoms with Crippen molar-refractivity contribution in [1.82, 2.24) is 0 Å². The molecule has 0 saturated heterocycles. The first-order valence-electron chi connectivity index (χ1n) is 6.81. The van der Waals surface area contributed by atoms with E-state index in [0.29, 0.717) is 30.0 Å². The van der Waals surface area contributed by atoms with Gasteiger partial charge in [-0.3, -0.25) is 0 Å². The number of ether oxygens (including phenoxy) is 1. The third kappa shape index (κ3) is 2.76. The van der Waals surface area contributed by atoms with Crippen molar-refractivity contribution < 1.29 is 13.5 Å².